The van der Waals surface area contributed by atoms with E-state index in [1.165, 1.54) is 0 Å². The van der Waals surface area contributed by atoms with Gasteiger partial charge in [-0.1, -0.05) is 17.7 Å². The molecule has 0 spiro atoms. The molecule has 0 saturated heterocycles. The second-order valence-electron chi connectivity index (χ2n) is 2.33. The van der Waals surface area contributed by atoms with Crippen LogP contribution in [-0.2, 0) is 0 Å². The zero-order valence-electron chi connectivity index (χ0n) is 7.60. The molecule has 0 bridgehead atoms. The van der Waals surface area contributed by atoms with Gasteiger partial charge in [0.2, 0.25) is 0 Å². The van der Waals surface area contributed by atoms with Gasteiger partial charge in [0.1, 0.15) is 0 Å². The second-order valence-corrected chi connectivity index (χ2v) is 2.76. The van der Waals surface area contributed by atoms with Gasteiger partial charge in [-0.2, -0.15) is 0 Å². The Morgan fingerprint density at radius 3 is 2.43 bits per heavy atom. The van der Waals surface area contributed by atoms with Gasteiger partial charge in [-0.25, -0.2) is 4.98 Å². The minimum Gasteiger partial charge on any atom is -0.483 e. The SMILES string of the molecule is COc1ncc(Cl)cc1[B-](F)(F)F.[K+]. The number of hydrogen-bond acceptors (Lipinski definition) is 2. The molecular weight excluding hydrogens is 244 g/mol. The summed E-state index contributed by atoms with van der Waals surface area (Å²) >= 11 is 5.37. The van der Waals surface area contributed by atoms with Gasteiger partial charge in [-0.05, 0) is 5.46 Å². The van der Waals surface area contributed by atoms with Crippen molar-refractivity contribution in [2.75, 3.05) is 7.11 Å². The Labute approximate surface area is 127 Å². The fraction of sp³-hybridized carbons (Fsp3) is 0.167. The summed E-state index contributed by atoms with van der Waals surface area (Å²) in [6.07, 6.45) is 1.10. The number of halogens is 4. The number of pyridine rings is 1. The molecule has 0 unspecified atom stereocenters. The molecule has 14 heavy (non-hydrogen) atoms. The van der Waals surface area contributed by atoms with Crippen LogP contribution in [0.1, 0.15) is 0 Å². The third-order valence-electron chi connectivity index (χ3n) is 1.39. The van der Waals surface area contributed by atoms with Gasteiger partial charge in [0, 0.05) is 6.20 Å². The van der Waals surface area contributed by atoms with Crippen molar-refractivity contribution in [1.29, 1.82) is 0 Å². The number of aromatic nitrogens is 1. The molecule has 1 rings (SSSR count). The smallest absolute Gasteiger partial charge is 0.483 e. The first kappa shape index (κ1) is 14.7. The molecule has 0 aliphatic rings. The molecule has 0 N–H and O–H groups in total. The fourth-order valence-electron chi connectivity index (χ4n) is 0.847. The summed E-state index contributed by atoms with van der Waals surface area (Å²) in [7, 11) is 1.13. The third kappa shape index (κ3) is 3.71. The van der Waals surface area contributed by atoms with Crippen molar-refractivity contribution in [3.8, 4) is 5.88 Å². The summed E-state index contributed by atoms with van der Waals surface area (Å²) in [5.41, 5.74) is -0.907. The summed E-state index contributed by atoms with van der Waals surface area (Å²) in [5, 5.41) is -0.0602. The minimum absolute atomic E-state index is 0. The van der Waals surface area contributed by atoms with Crippen molar-refractivity contribution in [2.45, 2.75) is 0 Å². The molecule has 0 amide bonds. The second kappa shape index (κ2) is 5.72. The molecule has 72 valence electrons. The molecule has 0 atom stereocenters. The minimum atomic E-state index is -5.13. The van der Waals surface area contributed by atoms with E-state index in [9.17, 15) is 12.9 Å². The van der Waals surface area contributed by atoms with E-state index in [0.717, 1.165) is 19.4 Å². The van der Waals surface area contributed by atoms with E-state index in [1.54, 1.807) is 0 Å². The number of ether oxygens (including phenoxy) is 1. The Kier molecular flexibility index (Phi) is 6.02. The van der Waals surface area contributed by atoms with Crippen LogP contribution in [-0.4, -0.2) is 19.1 Å². The van der Waals surface area contributed by atoms with Crippen LogP contribution < -0.4 is 61.6 Å². The first-order valence-electron chi connectivity index (χ1n) is 3.34. The van der Waals surface area contributed by atoms with Crippen LogP contribution in [0.4, 0.5) is 12.9 Å². The van der Waals surface area contributed by atoms with Crippen LogP contribution in [0.2, 0.25) is 5.02 Å². The zero-order chi connectivity index (χ0) is 10.1. The molecule has 0 aliphatic heterocycles. The van der Waals surface area contributed by atoms with Gasteiger partial charge >= 0.3 is 58.4 Å². The summed E-state index contributed by atoms with van der Waals surface area (Å²) in [5.74, 6) is -0.447. The average molecular weight is 249 g/mol. The van der Waals surface area contributed by atoms with E-state index >= 15 is 0 Å². The molecule has 0 radical (unpaired) electrons. The molecule has 2 nitrogen and oxygen atoms in total. The first-order valence-corrected chi connectivity index (χ1v) is 3.72. The topological polar surface area (TPSA) is 22.1 Å². The molecule has 1 aromatic rings. The van der Waals surface area contributed by atoms with Crippen LogP contribution in [0.25, 0.3) is 0 Å². The molecule has 0 aromatic carbocycles. The summed E-state index contributed by atoms with van der Waals surface area (Å²) in [6.45, 7) is -5.13. The van der Waals surface area contributed by atoms with E-state index in [-0.39, 0.29) is 56.4 Å². The predicted octanol–water partition coefficient (Wildman–Crippen LogP) is -1.20. The number of methoxy groups -OCH3 is 1. The van der Waals surface area contributed by atoms with Crippen LogP contribution in [0.3, 0.4) is 0 Å². The van der Waals surface area contributed by atoms with E-state index in [1.807, 2.05) is 0 Å². The van der Waals surface area contributed by atoms with E-state index in [0.29, 0.717) is 0 Å². The maximum atomic E-state index is 12.3. The molecule has 8 heteroatoms. The maximum Gasteiger partial charge on any atom is 1.00 e. The fourth-order valence-corrected chi connectivity index (χ4v) is 1.01. The Balaban J connectivity index is 0.00000169. The molecule has 1 heterocycles. The quantitative estimate of drug-likeness (QED) is 0.615. The molecule has 0 aliphatic carbocycles. The largest absolute Gasteiger partial charge is 1.00 e. The van der Waals surface area contributed by atoms with Gasteiger partial charge in [-0.3, -0.25) is 0 Å². The Bertz CT molecular complexity index is 322. The maximum absolute atomic E-state index is 12.3. The number of nitrogens with zero attached hydrogens (tertiary/aromatic N) is 1. The predicted molar refractivity (Wildman–Crippen MR) is 44.5 cm³/mol. The normalized spacial score (nSPS) is 10.6. The van der Waals surface area contributed by atoms with Gasteiger partial charge in [0.25, 0.3) is 0 Å². The number of rotatable bonds is 2. The van der Waals surface area contributed by atoms with Crippen LogP contribution in [0.5, 0.6) is 5.88 Å². The van der Waals surface area contributed by atoms with Gasteiger partial charge < -0.3 is 17.7 Å². The summed E-state index contributed by atoms with van der Waals surface area (Å²) < 4.78 is 41.4. The van der Waals surface area contributed by atoms with Crippen LogP contribution >= 0.6 is 11.6 Å². The monoisotopic (exact) mass is 249 g/mol. The molecular formula is C6H5BClF3KNO. The van der Waals surface area contributed by atoms with Crippen LogP contribution in [0, 0.1) is 0 Å². The van der Waals surface area contributed by atoms with E-state index < -0.39 is 18.3 Å². The Morgan fingerprint density at radius 2 is 2.00 bits per heavy atom. The van der Waals surface area contributed by atoms with E-state index in [4.69, 9.17) is 11.6 Å². The molecule has 1 aromatic heterocycles. The zero-order valence-corrected chi connectivity index (χ0v) is 11.5. The van der Waals surface area contributed by atoms with Gasteiger partial charge in [-0.15, -0.1) is 0 Å². The first-order chi connectivity index (χ1) is 5.95. The van der Waals surface area contributed by atoms with E-state index in [2.05, 4.69) is 9.72 Å². The standard InChI is InChI=1S/C6H5BClF3NO.K/c1-13-6-5(7(9,10)11)2-4(8)3-12-6;/h2-3H,1H3;/q-1;+1. The van der Waals surface area contributed by atoms with Gasteiger partial charge in [0.05, 0.1) is 12.1 Å². The third-order valence-corrected chi connectivity index (χ3v) is 1.60. The summed E-state index contributed by atoms with van der Waals surface area (Å²) in [4.78, 5) is 3.40. The van der Waals surface area contributed by atoms with Crippen molar-refractivity contribution in [3.05, 3.63) is 17.3 Å². The summed E-state index contributed by atoms with van der Waals surface area (Å²) in [6, 6.07) is 0.799. The van der Waals surface area contributed by atoms with Crippen molar-refractivity contribution in [2.24, 2.45) is 0 Å². The Morgan fingerprint density at radius 1 is 1.43 bits per heavy atom. The van der Waals surface area contributed by atoms with Crippen molar-refractivity contribution < 1.29 is 69.1 Å². The van der Waals surface area contributed by atoms with Crippen molar-refractivity contribution in [1.82, 2.24) is 4.98 Å². The van der Waals surface area contributed by atoms with Gasteiger partial charge in [0.15, 0.2) is 5.88 Å². The molecule has 0 fully saturated rings. The molecule has 0 saturated carbocycles. The Hall–Kier alpha value is 0.731. The van der Waals surface area contributed by atoms with Crippen molar-refractivity contribution in [3.63, 3.8) is 0 Å². The number of hydrogen-bond donors (Lipinski definition) is 0. The van der Waals surface area contributed by atoms with Crippen LogP contribution in [0.15, 0.2) is 12.3 Å². The van der Waals surface area contributed by atoms with Crippen molar-refractivity contribution >= 4 is 24.0 Å². The average Bonchev–Trinajstić information content (AvgIpc) is 2.03.